The molecule has 0 aromatic carbocycles. The first-order valence-corrected chi connectivity index (χ1v) is 2.94. The Morgan fingerprint density at radius 3 is 1.67 bits per heavy atom. The molecule has 0 unspecified atom stereocenters. The Labute approximate surface area is 145 Å². The summed E-state index contributed by atoms with van der Waals surface area (Å²) in [6.45, 7) is 0. The van der Waals surface area contributed by atoms with Crippen molar-refractivity contribution in [2.75, 3.05) is 0 Å². The second kappa shape index (κ2) is 14.4. The summed E-state index contributed by atoms with van der Waals surface area (Å²) in [6.07, 6.45) is 0. The topological polar surface area (TPSA) is 113 Å². The third-order valence-corrected chi connectivity index (χ3v) is 0.670. The predicted molar refractivity (Wildman–Crippen MR) is 42.6 cm³/mol. The van der Waals surface area contributed by atoms with Crippen molar-refractivity contribution >= 4 is 93.3 Å². The molecule has 0 atom stereocenters. The molecule has 0 aliphatic carbocycles. The molecule has 0 spiro atoms. The molecule has 69 valence electrons. The van der Waals surface area contributed by atoms with Gasteiger partial charge in [0.1, 0.15) is 0 Å². The average Bonchev–Trinajstić information content (AvgIpc) is 1.21. The largest absolute Gasteiger partial charge is 2.00 e. The first-order chi connectivity index (χ1) is 3.42. The summed E-state index contributed by atoms with van der Waals surface area (Å²) in [4.78, 5) is 18.7. The average molecular weight is 344 g/mol. The van der Waals surface area contributed by atoms with E-state index in [1.165, 1.54) is 0 Å². The van der Waals surface area contributed by atoms with Crippen LogP contribution in [-0.2, 0) is 31.4 Å². The van der Waals surface area contributed by atoms with Gasteiger partial charge in [0.2, 0.25) is 0 Å². The molecule has 1 radical (unpaired) electrons. The Hall–Kier alpha value is 3.39. The number of rotatable bonds is 2. The van der Waals surface area contributed by atoms with E-state index in [4.69, 9.17) is 10.0 Å². The number of hydrogen-bond acceptors (Lipinski definition) is 6. The van der Waals surface area contributed by atoms with Gasteiger partial charge in [-0.2, -0.15) is 0 Å². The molecule has 0 rings (SSSR count). The third kappa shape index (κ3) is 29.2. The van der Waals surface area contributed by atoms with E-state index in [2.05, 4.69) is 4.44 Å². The van der Waals surface area contributed by atoms with Crippen LogP contribution in [0.4, 0.5) is 0 Å². The van der Waals surface area contributed by atoms with Gasteiger partial charge in [-0.1, -0.05) is 0 Å². The SMILES string of the molecule is O=P([O-])([O-])OB(O)O.[Ag].[AlH3].[Ca+2].[H-].[H-].[Mg+2]. The molecule has 0 amide bonds. The fraction of sp³-hybridized carbons (Fsp3) is 0. The molecule has 0 aliphatic heterocycles. The Balaban J connectivity index is -0.0000000163. The summed E-state index contributed by atoms with van der Waals surface area (Å²) in [5.74, 6) is 0. The van der Waals surface area contributed by atoms with Crippen molar-refractivity contribution in [2.45, 2.75) is 0 Å². The molecule has 0 fully saturated rings. The summed E-state index contributed by atoms with van der Waals surface area (Å²) < 4.78 is 12.4. The zero-order valence-electron chi connectivity index (χ0n) is 7.27. The summed E-state index contributed by atoms with van der Waals surface area (Å²) in [7, 11) is -7.77. The van der Waals surface area contributed by atoms with Gasteiger partial charge in [-0.3, -0.25) is 0 Å². The Morgan fingerprint density at radius 1 is 1.42 bits per heavy atom. The number of hydrogen-bond donors (Lipinski definition) is 2. The predicted octanol–water partition coefficient (Wildman–Crippen LogP) is -4.92. The monoisotopic (exact) mass is 343 g/mol. The molecule has 12 heteroatoms. The summed E-state index contributed by atoms with van der Waals surface area (Å²) in [6, 6.07) is 0. The van der Waals surface area contributed by atoms with E-state index in [1.807, 2.05) is 0 Å². The van der Waals surface area contributed by atoms with E-state index in [9.17, 15) is 14.4 Å². The zero-order chi connectivity index (χ0) is 6.78. The summed E-state index contributed by atoms with van der Waals surface area (Å²) in [5, 5.41) is 15.3. The molecule has 0 heterocycles. The van der Waals surface area contributed by atoms with Gasteiger partial charge >= 0.3 is 68.1 Å². The van der Waals surface area contributed by atoms with Gasteiger partial charge in [0.25, 0.3) is 0 Å². The first kappa shape index (κ1) is 29.5. The van der Waals surface area contributed by atoms with Gasteiger partial charge in [-0.05, 0) is 0 Å². The van der Waals surface area contributed by atoms with Gasteiger partial charge in [0.15, 0.2) is 17.4 Å². The van der Waals surface area contributed by atoms with Gasteiger partial charge in [-0.25, -0.2) is 0 Å². The van der Waals surface area contributed by atoms with Gasteiger partial charge in [0, 0.05) is 30.2 Å². The molecule has 0 bridgehead atoms. The smallest absolute Gasteiger partial charge is 1.00 e. The maximum absolute atomic E-state index is 9.37. The van der Waals surface area contributed by atoms with Crippen LogP contribution in [0, 0.1) is 0 Å². The molecule has 0 aliphatic rings. The van der Waals surface area contributed by atoms with Crippen molar-refractivity contribution in [3.05, 3.63) is 0 Å². The third-order valence-electron chi connectivity index (χ3n) is 0.223. The first-order valence-electron chi connectivity index (χ1n) is 1.48. The van der Waals surface area contributed by atoms with Crippen molar-refractivity contribution in [2.24, 2.45) is 0 Å². The van der Waals surface area contributed by atoms with Crippen molar-refractivity contribution in [3.63, 3.8) is 0 Å². The van der Waals surface area contributed by atoms with E-state index < -0.39 is 15.1 Å². The van der Waals surface area contributed by atoms with E-state index in [0.717, 1.165) is 0 Å². The minimum atomic E-state index is -5.22. The minimum absolute atomic E-state index is 0. The van der Waals surface area contributed by atoms with Crippen molar-refractivity contribution in [1.82, 2.24) is 0 Å². The molecule has 12 heavy (non-hydrogen) atoms. The fourth-order valence-electron chi connectivity index (χ4n) is 0.115. The van der Waals surface area contributed by atoms with Crippen LogP contribution >= 0.6 is 7.82 Å². The quantitative estimate of drug-likeness (QED) is 0.384. The summed E-state index contributed by atoms with van der Waals surface area (Å²) in [5.41, 5.74) is 0. The molecule has 0 saturated heterocycles. The van der Waals surface area contributed by atoms with E-state index in [-0.39, 0.29) is 103 Å². The normalized spacial score (nSPS) is 7.67. The van der Waals surface area contributed by atoms with Crippen LogP contribution in [0.15, 0.2) is 0 Å². The summed E-state index contributed by atoms with van der Waals surface area (Å²) >= 11 is 0. The Bertz CT molecular complexity index is 128. The van der Waals surface area contributed by atoms with E-state index >= 15 is 0 Å². The van der Waals surface area contributed by atoms with Crippen molar-refractivity contribution in [3.8, 4) is 0 Å². The van der Waals surface area contributed by atoms with E-state index in [0.29, 0.717) is 0 Å². The fourth-order valence-corrected chi connectivity index (χ4v) is 0.346. The van der Waals surface area contributed by atoms with Crippen LogP contribution < -0.4 is 9.79 Å². The van der Waals surface area contributed by atoms with Crippen LogP contribution in [0.2, 0.25) is 0 Å². The Kier molecular flexibility index (Phi) is 35.4. The Morgan fingerprint density at radius 2 is 1.67 bits per heavy atom. The van der Waals surface area contributed by atoms with Gasteiger partial charge in [0.05, 0.1) is 0 Å². The molecular formula is H7AgAlBCaMgO6P. The van der Waals surface area contributed by atoms with Crippen molar-refractivity contribution < 1.29 is 54.1 Å². The van der Waals surface area contributed by atoms with Crippen LogP contribution in [0.1, 0.15) is 2.85 Å². The molecule has 2 N–H and O–H groups in total. The zero-order valence-corrected chi connectivity index (χ0v) is 11.3. The molecule has 0 aromatic heterocycles. The van der Waals surface area contributed by atoms with Crippen molar-refractivity contribution in [1.29, 1.82) is 0 Å². The number of phosphoric acid groups is 1. The molecular weight excluding hydrogens is 337 g/mol. The molecule has 0 saturated carbocycles. The van der Waals surface area contributed by atoms with Crippen LogP contribution in [0.5, 0.6) is 0 Å². The maximum atomic E-state index is 9.37. The minimum Gasteiger partial charge on any atom is -1.00 e. The molecule has 6 nitrogen and oxygen atoms in total. The second-order valence-corrected chi connectivity index (χ2v) is 1.98. The van der Waals surface area contributed by atoms with Crippen LogP contribution in [0.25, 0.3) is 0 Å². The van der Waals surface area contributed by atoms with Gasteiger partial charge in [-0.15, -0.1) is 0 Å². The van der Waals surface area contributed by atoms with E-state index in [1.54, 1.807) is 0 Å². The van der Waals surface area contributed by atoms with Crippen LogP contribution in [-0.4, -0.2) is 95.5 Å². The maximum Gasteiger partial charge on any atom is 2.00 e. The van der Waals surface area contributed by atoms with Gasteiger partial charge < -0.3 is 31.7 Å². The second-order valence-electron chi connectivity index (χ2n) is 0.879. The standard InChI is InChI=1S/Ag.Al.BH4O6P.Ca.Mg.5H/c;;2-1(3)7-8(4,5)6;;;;;;;/h;;2-3H,(H2,4,5,6);;;;;;;/q;;;2*+2;;;;2*-1/p-2. The van der Waals surface area contributed by atoms with Crippen LogP contribution in [0.3, 0.4) is 0 Å². The molecule has 0 aromatic rings.